The van der Waals surface area contributed by atoms with Crippen molar-refractivity contribution < 1.29 is 19.0 Å². The molecule has 0 unspecified atom stereocenters. The molecule has 0 spiro atoms. The van der Waals surface area contributed by atoms with Crippen LogP contribution in [0.2, 0.25) is 0 Å². The highest BCUT2D eigenvalue weighted by Gasteiger charge is 2.63. The van der Waals surface area contributed by atoms with E-state index in [4.69, 9.17) is 14.2 Å². The lowest BCUT2D eigenvalue weighted by Gasteiger charge is -2.19. The fraction of sp³-hybridized carbons (Fsp3) is 0.700. The van der Waals surface area contributed by atoms with Gasteiger partial charge in [-0.05, 0) is 13.8 Å². The smallest absolute Gasteiger partial charge is 0.192 e. The zero-order chi connectivity index (χ0) is 10.1. The number of Topliss-reactive ketones (excluding diaryl/α,β-unsaturated/α-hetero) is 1. The summed E-state index contributed by atoms with van der Waals surface area (Å²) in [7, 11) is 0. The van der Waals surface area contributed by atoms with Crippen LogP contribution in [0.25, 0.3) is 0 Å². The summed E-state index contributed by atoms with van der Waals surface area (Å²) < 4.78 is 16.7. The van der Waals surface area contributed by atoms with Crippen LogP contribution in [-0.4, -0.2) is 36.0 Å². The number of carbonyl (C=O) groups is 1. The van der Waals surface area contributed by atoms with Crippen LogP contribution < -0.4 is 0 Å². The fourth-order valence-corrected chi connectivity index (χ4v) is 2.41. The second kappa shape index (κ2) is 2.27. The summed E-state index contributed by atoms with van der Waals surface area (Å²) in [6, 6.07) is 0. The zero-order valence-corrected chi connectivity index (χ0v) is 8.15. The highest BCUT2D eigenvalue weighted by Crippen LogP contribution is 2.45. The number of fused-ring (bicyclic) bond motifs is 5. The Balaban J connectivity index is 1.96. The highest BCUT2D eigenvalue weighted by molar-refractivity contribution is 6.03. The molecule has 4 nitrogen and oxygen atoms in total. The molecule has 3 heterocycles. The van der Waals surface area contributed by atoms with Crippen LogP contribution in [0, 0.1) is 0 Å². The number of ketones is 1. The third-order valence-corrected chi connectivity index (χ3v) is 2.97. The molecule has 0 saturated carbocycles. The molecule has 3 saturated heterocycles. The lowest BCUT2D eigenvalue weighted by molar-refractivity contribution is -0.176. The Kier molecular flexibility index (Phi) is 1.39. The molecule has 0 aromatic heterocycles. The average Bonchev–Trinajstić information content (AvgIpc) is 2.62. The highest BCUT2D eigenvalue weighted by atomic mass is 16.8. The molecular weight excluding hydrogens is 184 g/mol. The molecule has 0 amide bonds. The van der Waals surface area contributed by atoms with Crippen molar-refractivity contribution >= 4 is 5.78 Å². The standard InChI is InChI=1S/C10H12O4/c1-4-5(11)7-9-8(6(4)12-7)13-10(2,3)14-9/h6-9H,1H2,2-3H3/t6-,7+,8-,9+/m1/s1. The molecule has 0 aromatic rings. The van der Waals surface area contributed by atoms with Crippen molar-refractivity contribution in [3.05, 3.63) is 12.2 Å². The van der Waals surface area contributed by atoms with Crippen LogP contribution >= 0.6 is 0 Å². The Morgan fingerprint density at radius 3 is 2.43 bits per heavy atom. The monoisotopic (exact) mass is 196 g/mol. The van der Waals surface area contributed by atoms with Gasteiger partial charge in [-0.2, -0.15) is 0 Å². The van der Waals surface area contributed by atoms with Gasteiger partial charge in [0.25, 0.3) is 0 Å². The first kappa shape index (κ1) is 8.59. The van der Waals surface area contributed by atoms with E-state index in [2.05, 4.69) is 6.58 Å². The first-order valence-electron chi connectivity index (χ1n) is 4.74. The maximum Gasteiger partial charge on any atom is 0.192 e. The Morgan fingerprint density at radius 1 is 1.21 bits per heavy atom. The van der Waals surface area contributed by atoms with E-state index in [1.165, 1.54) is 0 Å². The van der Waals surface area contributed by atoms with Crippen molar-refractivity contribution in [3.8, 4) is 0 Å². The van der Waals surface area contributed by atoms with E-state index >= 15 is 0 Å². The summed E-state index contributed by atoms with van der Waals surface area (Å²) in [6.45, 7) is 7.41. The second-order valence-corrected chi connectivity index (χ2v) is 4.43. The van der Waals surface area contributed by atoms with Gasteiger partial charge in [-0.1, -0.05) is 6.58 Å². The minimum Gasteiger partial charge on any atom is -0.356 e. The van der Waals surface area contributed by atoms with Gasteiger partial charge in [0.05, 0.1) is 0 Å². The van der Waals surface area contributed by atoms with E-state index in [-0.39, 0.29) is 24.1 Å². The maximum atomic E-state index is 11.6. The SMILES string of the molecule is C=C1C(=O)[C@@H]2O[C@H]1[C@H]1OC(C)(C)O[C@H]12. The topological polar surface area (TPSA) is 44.8 Å². The second-order valence-electron chi connectivity index (χ2n) is 4.43. The molecule has 4 atom stereocenters. The van der Waals surface area contributed by atoms with Gasteiger partial charge in [-0.3, -0.25) is 4.79 Å². The van der Waals surface area contributed by atoms with E-state index in [1.54, 1.807) is 0 Å². The number of hydrogen-bond donors (Lipinski definition) is 0. The largest absolute Gasteiger partial charge is 0.356 e. The predicted molar refractivity (Wildman–Crippen MR) is 46.6 cm³/mol. The van der Waals surface area contributed by atoms with Crippen molar-refractivity contribution in [2.24, 2.45) is 0 Å². The summed E-state index contributed by atoms with van der Waals surface area (Å²) in [5.41, 5.74) is 0.526. The summed E-state index contributed by atoms with van der Waals surface area (Å²) in [5, 5.41) is 0. The summed E-state index contributed by atoms with van der Waals surface area (Å²) in [4.78, 5) is 11.6. The van der Waals surface area contributed by atoms with Crippen LogP contribution in [-0.2, 0) is 19.0 Å². The molecule has 2 bridgehead atoms. The van der Waals surface area contributed by atoms with Gasteiger partial charge in [0.2, 0.25) is 0 Å². The van der Waals surface area contributed by atoms with Crippen LogP contribution in [0.15, 0.2) is 12.2 Å². The Morgan fingerprint density at radius 2 is 1.79 bits per heavy atom. The molecule has 0 radical (unpaired) electrons. The van der Waals surface area contributed by atoms with Crippen molar-refractivity contribution in [1.82, 2.24) is 0 Å². The molecular formula is C10H12O4. The maximum absolute atomic E-state index is 11.6. The quantitative estimate of drug-likeness (QED) is 0.526. The molecule has 76 valence electrons. The normalized spacial score (nSPS) is 48.7. The minimum atomic E-state index is -0.611. The van der Waals surface area contributed by atoms with Gasteiger partial charge >= 0.3 is 0 Å². The van der Waals surface area contributed by atoms with E-state index in [9.17, 15) is 4.79 Å². The number of carbonyl (C=O) groups excluding carboxylic acids is 1. The summed E-state index contributed by atoms with van der Waals surface area (Å²) in [5.74, 6) is -0.641. The minimum absolute atomic E-state index is 0.0300. The molecule has 3 aliphatic heterocycles. The predicted octanol–water partition coefficient (Wildman–Crippen LogP) is 0.413. The first-order chi connectivity index (χ1) is 6.49. The van der Waals surface area contributed by atoms with Gasteiger partial charge < -0.3 is 14.2 Å². The molecule has 0 aliphatic carbocycles. The van der Waals surface area contributed by atoms with Crippen LogP contribution in [0.3, 0.4) is 0 Å². The first-order valence-corrected chi connectivity index (χ1v) is 4.74. The van der Waals surface area contributed by atoms with Crippen molar-refractivity contribution in [1.29, 1.82) is 0 Å². The molecule has 4 heteroatoms. The van der Waals surface area contributed by atoms with Crippen LogP contribution in [0.1, 0.15) is 13.8 Å². The lowest BCUT2D eigenvalue weighted by Crippen LogP contribution is -2.40. The molecule has 0 N–H and O–H groups in total. The third-order valence-electron chi connectivity index (χ3n) is 2.97. The van der Waals surface area contributed by atoms with E-state index in [0.717, 1.165) is 0 Å². The average molecular weight is 196 g/mol. The molecule has 3 aliphatic rings. The van der Waals surface area contributed by atoms with Crippen molar-refractivity contribution in [2.75, 3.05) is 0 Å². The van der Waals surface area contributed by atoms with Gasteiger partial charge in [0.15, 0.2) is 11.6 Å². The van der Waals surface area contributed by atoms with E-state index in [1.807, 2.05) is 13.8 Å². The Bertz CT molecular complexity index is 303. The summed E-state index contributed by atoms with van der Waals surface area (Å²) in [6.07, 6.45) is -1.17. The van der Waals surface area contributed by atoms with E-state index in [0.29, 0.717) is 5.57 Å². The number of rotatable bonds is 0. The molecule has 14 heavy (non-hydrogen) atoms. The lowest BCUT2D eigenvalue weighted by atomic mass is 9.90. The number of hydrogen-bond acceptors (Lipinski definition) is 4. The van der Waals surface area contributed by atoms with Gasteiger partial charge in [-0.15, -0.1) is 0 Å². The van der Waals surface area contributed by atoms with Gasteiger partial charge in [0.1, 0.15) is 24.4 Å². The Labute approximate surface area is 81.8 Å². The number of ether oxygens (including phenoxy) is 3. The molecule has 3 rings (SSSR count). The van der Waals surface area contributed by atoms with Crippen molar-refractivity contribution in [2.45, 2.75) is 44.1 Å². The summed E-state index contributed by atoms with van der Waals surface area (Å²) >= 11 is 0. The Hall–Kier alpha value is -0.710. The van der Waals surface area contributed by atoms with Crippen molar-refractivity contribution in [3.63, 3.8) is 0 Å². The van der Waals surface area contributed by atoms with Crippen LogP contribution in [0.5, 0.6) is 0 Å². The fourth-order valence-electron chi connectivity index (χ4n) is 2.41. The molecule has 3 fully saturated rings. The van der Waals surface area contributed by atoms with Crippen LogP contribution in [0.4, 0.5) is 0 Å². The van der Waals surface area contributed by atoms with Gasteiger partial charge in [-0.25, -0.2) is 0 Å². The third kappa shape index (κ3) is 0.860. The molecule has 0 aromatic carbocycles. The zero-order valence-electron chi connectivity index (χ0n) is 8.15. The van der Waals surface area contributed by atoms with Gasteiger partial charge in [0, 0.05) is 5.57 Å². The van der Waals surface area contributed by atoms with E-state index < -0.39 is 11.9 Å².